The first-order valence-electron chi connectivity index (χ1n) is 27.4. The zero-order chi connectivity index (χ0) is 55.4. The van der Waals surface area contributed by atoms with Gasteiger partial charge >= 0.3 is 315 Å². The van der Waals surface area contributed by atoms with Crippen LogP contribution >= 0.6 is 0 Å². The molecule has 0 atom stereocenters. The topological polar surface area (TPSA) is 53.0 Å². The number of anilines is 2. The van der Waals surface area contributed by atoms with Gasteiger partial charge in [-0.05, 0) is 17.0 Å². The normalized spacial score (nSPS) is 15.4. The summed E-state index contributed by atoms with van der Waals surface area (Å²) < 4.78 is 127. The molecule has 9 heteroatoms. The molecule has 0 spiro atoms. The zero-order valence-corrected chi connectivity index (χ0v) is 37.5. The van der Waals surface area contributed by atoms with Gasteiger partial charge in [0.25, 0.3) is 0 Å². The number of hydrogen-bond acceptors (Lipinski definition) is 4. The molecule has 0 N–H and O–H groups in total. The van der Waals surface area contributed by atoms with Crippen molar-refractivity contribution in [3.05, 3.63) is 209 Å². The predicted molar refractivity (Wildman–Crippen MR) is 262 cm³/mol. The first-order chi connectivity index (χ1) is 37.1. The molecule has 0 saturated carbocycles. The van der Waals surface area contributed by atoms with E-state index in [2.05, 4.69) is 40.1 Å². The van der Waals surface area contributed by atoms with Crippen molar-refractivity contribution in [3.63, 3.8) is 0 Å². The number of aromatic nitrogens is 5. The number of fused-ring (bicyclic) bond motifs is 4. The Hall–Kier alpha value is -7.28. The molecule has 11 rings (SSSR count). The van der Waals surface area contributed by atoms with Crippen LogP contribution in [0.4, 0.5) is 11.5 Å². The van der Waals surface area contributed by atoms with E-state index >= 15 is 0 Å². The number of hydrogen-bond donors (Lipinski definition) is 0. The molecule has 3 aromatic heterocycles. The molecule has 0 radical (unpaired) electrons. The van der Waals surface area contributed by atoms with Crippen molar-refractivity contribution in [2.75, 3.05) is 4.81 Å². The standard InChI is InChI=1S/C56H45BN6O.Pt/c1-56(2,3)42-32-33-58-54(34-42)62-52-36-45(30-31-48(52)53-37-49(59-63(53)57(62)4)41-22-12-7-13-23-41)64-44-25-16-24-43(35-44)60-38-61(51-29-15-14-28-50(51)60)55-46(39-18-8-5-9-19-39)26-17-27-47(55)40-20-10-6-11-21-40;/h5-37H,1-4H3;/i4D3,5D,6D,8D,9D,10D,11D,18D,19D,20D,21D;. The SMILES string of the molecule is [2H]c1c([2H])c([2H])c(-c2cccc(-c3c([2H])c([2H])c([2H])c([2H])c3[2H])c2-n2[c](=[Pt])n(-c3cccc(Oc4ccc5c(c4)N(c4cc(C(C)(C)C)ccn4)B(C([2H])([2H])[2H])n4nc(-c6ccccc6)cc4-5)c3)c3ccccc32)c([2H])c1[2H]. The Morgan fingerprint density at radius 1 is 0.631 bits per heavy atom. The summed E-state index contributed by atoms with van der Waals surface area (Å²) in [4.78, 5) is 6.49. The maximum absolute atomic E-state index is 9.10. The fourth-order valence-corrected chi connectivity index (χ4v) is 9.47. The molecule has 65 heavy (non-hydrogen) atoms. The van der Waals surface area contributed by atoms with Gasteiger partial charge in [0.15, 0.2) is 0 Å². The minimum atomic E-state index is -2.60. The average molecular weight is 1040 g/mol. The van der Waals surface area contributed by atoms with Crippen molar-refractivity contribution in [2.24, 2.45) is 0 Å². The van der Waals surface area contributed by atoms with Gasteiger partial charge < -0.3 is 0 Å². The van der Waals surface area contributed by atoms with Crippen molar-refractivity contribution < 1.29 is 41.9 Å². The molecular weight excluding hydrogens is 979 g/mol. The Labute approximate surface area is 408 Å². The molecule has 1 aliphatic heterocycles. The van der Waals surface area contributed by atoms with Crippen molar-refractivity contribution >= 4 is 29.5 Å². The first-order valence-corrected chi connectivity index (χ1v) is 22.0. The minimum absolute atomic E-state index is 0.145. The molecule has 0 saturated heterocycles. The second-order valence-electron chi connectivity index (χ2n) is 16.5. The van der Waals surface area contributed by atoms with Crippen LogP contribution in [0.25, 0.3) is 67.2 Å². The van der Waals surface area contributed by atoms with E-state index in [1.165, 1.54) is 0 Å². The Bertz CT molecular complexity index is 4030. The third-order valence-electron chi connectivity index (χ3n) is 11.5. The number of para-hydroxylation sites is 3. The van der Waals surface area contributed by atoms with Crippen molar-refractivity contribution in [1.82, 2.24) is 23.8 Å². The number of rotatable bonds is 8. The van der Waals surface area contributed by atoms with Gasteiger partial charge in [0.2, 0.25) is 0 Å². The van der Waals surface area contributed by atoms with Gasteiger partial charge in [-0.2, -0.15) is 5.10 Å². The summed E-state index contributed by atoms with van der Waals surface area (Å²) in [5.74, 6) is 1.21. The van der Waals surface area contributed by atoms with E-state index in [1.807, 2.05) is 114 Å². The fourth-order valence-electron chi connectivity index (χ4n) is 8.38. The molecular formula is C56H45BN6OPt. The monoisotopic (exact) mass is 1040 g/mol. The van der Waals surface area contributed by atoms with Crippen LogP contribution in [0.1, 0.15) is 44.2 Å². The summed E-state index contributed by atoms with van der Waals surface area (Å²) in [7, 11) is 0. The van der Waals surface area contributed by atoms with Crippen LogP contribution in [0.2, 0.25) is 6.75 Å². The Kier molecular flexibility index (Phi) is 7.18. The van der Waals surface area contributed by atoms with Crippen LogP contribution in [-0.2, 0) is 24.8 Å². The summed E-state index contributed by atoms with van der Waals surface area (Å²) in [6.07, 6.45) is 1.69. The Morgan fingerprint density at radius 3 is 1.98 bits per heavy atom. The second-order valence-corrected chi connectivity index (χ2v) is 17.5. The Balaban J connectivity index is 1.09. The van der Waals surface area contributed by atoms with Crippen LogP contribution < -0.4 is 9.55 Å². The average Bonchev–Trinajstić information content (AvgIpc) is 4.13. The van der Waals surface area contributed by atoms with E-state index in [-0.39, 0.29) is 33.4 Å². The van der Waals surface area contributed by atoms with E-state index < -0.39 is 74.2 Å². The molecule has 7 nitrogen and oxygen atoms in total. The fraction of sp³-hybridized carbons (Fsp3) is 0.0893. The summed E-state index contributed by atoms with van der Waals surface area (Å²) in [5.41, 5.74) is 6.00. The molecule has 0 bridgehead atoms. The van der Waals surface area contributed by atoms with E-state index in [4.69, 9.17) is 32.6 Å². The maximum atomic E-state index is 9.10. The van der Waals surface area contributed by atoms with Crippen LogP contribution in [0, 0.1) is 3.80 Å². The van der Waals surface area contributed by atoms with Gasteiger partial charge in [0.05, 0.1) is 5.69 Å². The van der Waals surface area contributed by atoms with Gasteiger partial charge in [0.1, 0.15) is 0 Å². The molecule has 0 unspecified atom stereocenters. The number of imidazole rings is 1. The van der Waals surface area contributed by atoms with Crippen LogP contribution in [0.3, 0.4) is 0 Å². The third-order valence-corrected chi connectivity index (χ3v) is 12.5. The van der Waals surface area contributed by atoms with Crippen molar-refractivity contribution in [3.8, 4) is 67.6 Å². The summed E-state index contributed by atoms with van der Waals surface area (Å²) in [6.45, 7) is 2.34. The zero-order valence-electron chi connectivity index (χ0n) is 48.3. The number of benzene rings is 7. The van der Waals surface area contributed by atoms with Gasteiger partial charge in [-0.25, -0.2) is 0 Å². The van der Waals surface area contributed by atoms with Crippen LogP contribution in [-0.4, -0.2) is 30.8 Å². The van der Waals surface area contributed by atoms with E-state index in [0.29, 0.717) is 60.5 Å². The molecule has 0 aliphatic carbocycles. The van der Waals surface area contributed by atoms with Gasteiger partial charge in [-0.3, -0.25) is 0 Å². The molecule has 4 heterocycles. The molecule has 0 amide bonds. The van der Waals surface area contributed by atoms with Crippen molar-refractivity contribution in [2.45, 2.75) is 32.9 Å². The predicted octanol–water partition coefficient (Wildman–Crippen LogP) is 14.0. The molecule has 7 aromatic carbocycles. The quantitative estimate of drug-likeness (QED) is 0.142. The summed E-state index contributed by atoms with van der Waals surface area (Å²) in [6, 6.07) is 34.9. The van der Waals surface area contributed by atoms with E-state index in [1.54, 1.807) is 44.4 Å². The Morgan fingerprint density at radius 2 is 1.29 bits per heavy atom. The number of ether oxygens (including phenoxy) is 1. The number of pyridine rings is 1. The molecule has 10 aromatic rings. The van der Waals surface area contributed by atoms with Gasteiger partial charge in [0, 0.05) is 15.9 Å². The van der Waals surface area contributed by atoms with Crippen molar-refractivity contribution in [1.29, 1.82) is 0 Å². The first kappa shape index (κ1) is 28.5. The van der Waals surface area contributed by atoms with Gasteiger partial charge in [-0.1, -0.05) is 51.1 Å². The molecule has 1 aliphatic rings. The van der Waals surface area contributed by atoms with Crippen LogP contribution in [0.15, 0.2) is 200 Å². The van der Waals surface area contributed by atoms with Gasteiger partial charge in [-0.15, -0.1) is 0 Å². The molecule has 0 fully saturated rings. The summed E-state index contributed by atoms with van der Waals surface area (Å²) in [5, 5.41) is 4.94. The van der Waals surface area contributed by atoms with E-state index in [9.17, 15) is 0 Å². The van der Waals surface area contributed by atoms with E-state index in [0.717, 1.165) is 11.1 Å². The number of nitrogens with zero attached hydrogens (tertiary/aromatic N) is 6. The van der Waals surface area contributed by atoms with Crippen LogP contribution in [0.5, 0.6) is 11.5 Å². The summed E-state index contributed by atoms with van der Waals surface area (Å²) >= 11 is 2.13. The second kappa shape index (κ2) is 16.4. The third kappa shape index (κ3) is 7.28. The molecule has 318 valence electrons.